The maximum absolute atomic E-state index is 11.5. The van der Waals surface area contributed by atoms with Gasteiger partial charge in [0.25, 0.3) is 0 Å². The molecule has 6 nitrogen and oxygen atoms in total. The molecule has 1 heterocycles. The van der Waals surface area contributed by atoms with Gasteiger partial charge >= 0.3 is 6.09 Å². The zero-order chi connectivity index (χ0) is 15.3. The van der Waals surface area contributed by atoms with Crippen molar-refractivity contribution in [1.82, 2.24) is 20.2 Å². The van der Waals surface area contributed by atoms with Gasteiger partial charge in [-0.15, -0.1) is 0 Å². The fraction of sp³-hybridized carbons (Fsp3) is 0.733. The molecule has 0 aromatic carbocycles. The molecule has 1 aromatic heterocycles. The van der Waals surface area contributed by atoms with Crippen molar-refractivity contribution in [2.24, 2.45) is 0 Å². The molecule has 0 saturated heterocycles. The smallest absolute Gasteiger partial charge is 0.407 e. The Morgan fingerprint density at radius 1 is 1.38 bits per heavy atom. The Bertz CT molecular complexity index is 439. The van der Waals surface area contributed by atoms with Gasteiger partial charge in [-0.25, -0.2) is 9.78 Å². The highest BCUT2D eigenvalue weighted by atomic mass is 16.6. The molecule has 1 aliphatic carbocycles. The number of nitrogens with one attached hydrogen (secondary N) is 2. The minimum Gasteiger partial charge on any atom is -0.444 e. The summed E-state index contributed by atoms with van der Waals surface area (Å²) in [7, 11) is 0. The number of ether oxygens (including phenoxy) is 1. The maximum atomic E-state index is 11.5. The van der Waals surface area contributed by atoms with Crippen LogP contribution in [0.15, 0.2) is 18.7 Å². The van der Waals surface area contributed by atoms with E-state index in [2.05, 4.69) is 20.2 Å². The Morgan fingerprint density at radius 3 is 2.86 bits per heavy atom. The van der Waals surface area contributed by atoms with E-state index in [1.807, 2.05) is 39.5 Å². The fourth-order valence-corrected chi connectivity index (χ4v) is 2.74. The van der Waals surface area contributed by atoms with Crippen LogP contribution in [0, 0.1) is 0 Å². The SMILES string of the molecule is CC(C)(C)OC(=O)NCCNC1CCCC1n1ccnc1. The highest BCUT2D eigenvalue weighted by molar-refractivity contribution is 5.67. The van der Waals surface area contributed by atoms with Gasteiger partial charge in [0.1, 0.15) is 5.60 Å². The molecule has 1 amide bonds. The Morgan fingerprint density at radius 2 is 2.19 bits per heavy atom. The van der Waals surface area contributed by atoms with Gasteiger partial charge in [0.05, 0.1) is 6.33 Å². The van der Waals surface area contributed by atoms with E-state index < -0.39 is 5.60 Å². The first-order valence-electron chi connectivity index (χ1n) is 7.63. The van der Waals surface area contributed by atoms with Crippen LogP contribution >= 0.6 is 0 Å². The molecule has 2 atom stereocenters. The van der Waals surface area contributed by atoms with Crippen LogP contribution in [0.2, 0.25) is 0 Å². The van der Waals surface area contributed by atoms with Crippen molar-refractivity contribution in [2.45, 2.75) is 57.7 Å². The Balaban J connectivity index is 1.68. The molecule has 0 bridgehead atoms. The lowest BCUT2D eigenvalue weighted by molar-refractivity contribution is 0.0528. The predicted octanol–water partition coefficient (Wildman–Crippen LogP) is 2.09. The van der Waals surface area contributed by atoms with E-state index in [1.165, 1.54) is 12.8 Å². The van der Waals surface area contributed by atoms with Gasteiger partial charge in [-0.1, -0.05) is 0 Å². The number of carbonyl (C=O) groups is 1. The number of amides is 1. The molecule has 1 saturated carbocycles. The molecule has 1 aromatic rings. The van der Waals surface area contributed by atoms with Gasteiger partial charge in [-0.05, 0) is 40.0 Å². The summed E-state index contributed by atoms with van der Waals surface area (Å²) in [5.41, 5.74) is -0.449. The van der Waals surface area contributed by atoms with Gasteiger partial charge < -0.3 is 19.9 Å². The van der Waals surface area contributed by atoms with E-state index in [0.29, 0.717) is 18.6 Å². The number of carbonyl (C=O) groups excluding carboxylic acids is 1. The largest absolute Gasteiger partial charge is 0.444 e. The van der Waals surface area contributed by atoms with Crippen molar-refractivity contribution < 1.29 is 9.53 Å². The molecule has 1 aliphatic rings. The third kappa shape index (κ3) is 5.04. The standard InChI is InChI=1S/C15H26N4O2/c1-15(2,3)21-14(20)18-8-7-17-12-5-4-6-13(12)19-10-9-16-11-19/h9-13,17H,4-8H2,1-3H3,(H,18,20). The van der Waals surface area contributed by atoms with Crippen molar-refractivity contribution in [2.75, 3.05) is 13.1 Å². The van der Waals surface area contributed by atoms with Gasteiger partial charge in [-0.2, -0.15) is 0 Å². The number of hydrogen-bond donors (Lipinski definition) is 2. The first kappa shape index (κ1) is 15.8. The number of nitrogens with zero attached hydrogens (tertiary/aromatic N) is 2. The summed E-state index contributed by atoms with van der Waals surface area (Å²) in [5, 5.41) is 6.29. The van der Waals surface area contributed by atoms with Crippen LogP contribution in [0.3, 0.4) is 0 Å². The van der Waals surface area contributed by atoms with Crippen LogP contribution in [-0.4, -0.2) is 40.4 Å². The average molecular weight is 294 g/mol. The monoisotopic (exact) mass is 294 g/mol. The van der Waals surface area contributed by atoms with E-state index in [9.17, 15) is 4.79 Å². The molecule has 0 spiro atoms. The second-order valence-electron chi connectivity index (χ2n) is 6.50. The maximum Gasteiger partial charge on any atom is 0.407 e. The Hall–Kier alpha value is -1.56. The summed E-state index contributed by atoms with van der Waals surface area (Å²) >= 11 is 0. The molecule has 1 fully saturated rings. The van der Waals surface area contributed by atoms with Gasteiger partial charge in [0.15, 0.2) is 0 Å². The molecule has 0 radical (unpaired) electrons. The first-order valence-corrected chi connectivity index (χ1v) is 7.63. The number of aromatic nitrogens is 2. The lowest BCUT2D eigenvalue weighted by Gasteiger charge is -2.23. The zero-order valence-electron chi connectivity index (χ0n) is 13.1. The molecule has 21 heavy (non-hydrogen) atoms. The topological polar surface area (TPSA) is 68.2 Å². The van der Waals surface area contributed by atoms with E-state index in [0.717, 1.165) is 13.0 Å². The van der Waals surface area contributed by atoms with Gasteiger partial charge in [0.2, 0.25) is 0 Å². The van der Waals surface area contributed by atoms with E-state index in [4.69, 9.17) is 4.74 Å². The van der Waals surface area contributed by atoms with Crippen LogP contribution in [-0.2, 0) is 4.74 Å². The normalized spacial score (nSPS) is 22.2. The molecule has 2 rings (SSSR count). The zero-order valence-corrected chi connectivity index (χ0v) is 13.1. The number of rotatable bonds is 5. The quantitative estimate of drug-likeness (QED) is 0.816. The third-order valence-electron chi connectivity index (χ3n) is 3.59. The van der Waals surface area contributed by atoms with Gasteiger partial charge in [0, 0.05) is 37.6 Å². The summed E-state index contributed by atoms with van der Waals surface area (Å²) in [6.07, 6.45) is 8.91. The fourth-order valence-electron chi connectivity index (χ4n) is 2.74. The minimum atomic E-state index is -0.449. The van der Waals surface area contributed by atoms with Crippen molar-refractivity contribution in [3.8, 4) is 0 Å². The summed E-state index contributed by atoms with van der Waals surface area (Å²) < 4.78 is 7.37. The first-order chi connectivity index (χ1) is 9.96. The molecular weight excluding hydrogens is 268 g/mol. The molecule has 118 valence electrons. The summed E-state index contributed by atoms with van der Waals surface area (Å²) in [6.45, 7) is 6.90. The second-order valence-corrected chi connectivity index (χ2v) is 6.50. The van der Waals surface area contributed by atoms with Crippen LogP contribution in [0.5, 0.6) is 0 Å². The van der Waals surface area contributed by atoms with E-state index in [1.54, 1.807) is 0 Å². The highest BCUT2D eigenvalue weighted by Gasteiger charge is 2.27. The Kier molecular flexibility index (Phi) is 5.22. The molecule has 2 unspecified atom stereocenters. The minimum absolute atomic E-state index is 0.359. The molecule has 6 heteroatoms. The van der Waals surface area contributed by atoms with Crippen molar-refractivity contribution in [3.63, 3.8) is 0 Å². The predicted molar refractivity (Wildman–Crippen MR) is 81.1 cm³/mol. The number of hydrogen-bond acceptors (Lipinski definition) is 4. The van der Waals surface area contributed by atoms with Gasteiger partial charge in [-0.3, -0.25) is 0 Å². The third-order valence-corrected chi connectivity index (χ3v) is 3.59. The lowest BCUT2D eigenvalue weighted by Crippen LogP contribution is -2.40. The summed E-state index contributed by atoms with van der Waals surface area (Å²) in [5.74, 6) is 0. The second kappa shape index (κ2) is 6.93. The number of imidazole rings is 1. The highest BCUT2D eigenvalue weighted by Crippen LogP contribution is 2.29. The molecule has 0 aliphatic heterocycles. The van der Waals surface area contributed by atoms with Crippen LogP contribution < -0.4 is 10.6 Å². The average Bonchev–Trinajstić information content (AvgIpc) is 3.02. The lowest BCUT2D eigenvalue weighted by atomic mass is 10.1. The van der Waals surface area contributed by atoms with Crippen LogP contribution in [0.4, 0.5) is 4.79 Å². The molecule has 2 N–H and O–H groups in total. The van der Waals surface area contributed by atoms with Crippen molar-refractivity contribution in [3.05, 3.63) is 18.7 Å². The van der Waals surface area contributed by atoms with E-state index >= 15 is 0 Å². The van der Waals surface area contributed by atoms with Crippen LogP contribution in [0.25, 0.3) is 0 Å². The van der Waals surface area contributed by atoms with E-state index in [-0.39, 0.29) is 6.09 Å². The molecular formula is C15H26N4O2. The van der Waals surface area contributed by atoms with Crippen molar-refractivity contribution >= 4 is 6.09 Å². The van der Waals surface area contributed by atoms with Crippen molar-refractivity contribution in [1.29, 1.82) is 0 Å². The summed E-state index contributed by atoms with van der Waals surface area (Å²) in [4.78, 5) is 15.6. The summed E-state index contributed by atoms with van der Waals surface area (Å²) in [6, 6.07) is 0.911. The number of alkyl carbamates (subject to hydrolysis) is 1. The Labute approximate surface area is 126 Å². The van der Waals surface area contributed by atoms with Crippen LogP contribution in [0.1, 0.15) is 46.1 Å².